The lowest BCUT2D eigenvalue weighted by molar-refractivity contribution is 0.588. The fraction of sp³-hybridized carbons (Fsp3) is 0.520. The molecular weight excluding hydrogens is 328 g/mol. The average Bonchev–Trinajstić information content (AvgIpc) is 3.38. The molecule has 3 rings (SSSR count). The van der Waals surface area contributed by atoms with Crippen LogP contribution in [-0.2, 0) is 24.8 Å². The minimum absolute atomic E-state index is 0.176. The Morgan fingerprint density at radius 2 is 1.74 bits per heavy atom. The summed E-state index contributed by atoms with van der Waals surface area (Å²) in [5.74, 6) is 0.860. The fourth-order valence-corrected chi connectivity index (χ4v) is 3.85. The van der Waals surface area contributed by atoms with Crippen LogP contribution in [0.25, 0.3) is 0 Å². The Balaban J connectivity index is 1.87. The molecule has 1 aliphatic rings. The lowest BCUT2D eigenvalue weighted by Crippen LogP contribution is -2.20. The number of nitrogens with zero attached hydrogens (tertiary/aromatic N) is 1. The van der Waals surface area contributed by atoms with Crippen LogP contribution in [0.3, 0.4) is 0 Å². The van der Waals surface area contributed by atoms with E-state index in [0.29, 0.717) is 0 Å². The van der Waals surface area contributed by atoms with Crippen LogP contribution in [-0.4, -0.2) is 7.05 Å². The van der Waals surface area contributed by atoms with E-state index >= 15 is 0 Å². The van der Waals surface area contributed by atoms with Crippen molar-refractivity contribution in [2.75, 3.05) is 17.7 Å². The van der Waals surface area contributed by atoms with E-state index in [0.717, 1.165) is 31.0 Å². The molecule has 2 aromatic rings. The van der Waals surface area contributed by atoms with Gasteiger partial charge in [-0.1, -0.05) is 52.3 Å². The highest BCUT2D eigenvalue weighted by Gasteiger charge is 2.23. The number of nitrogen functional groups attached to an aromatic ring is 1. The standard InChI is InChI=1S/C25H36N2/c1-6-7-19-12-20(15-22(14-19)25(2,3)4)17-27(5)24-11-10-23(26)16-21(24)13-18-8-9-18/h10-12,14-16,18H,6-9,13,17,26H2,1-5H3. The Kier molecular flexibility index (Phi) is 5.83. The van der Waals surface area contributed by atoms with Crippen molar-refractivity contribution in [1.29, 1.82) is 0 Å². The first-order chi connectivity index (χ1) is 12.8. The smallest absolute Gasteiger partial charge is 0.0426 e. The Labute approximate surface area is 165 Å². The Hall–Kier alpha value is -1.96. The molecule has 2 N–H and O–H groups in total. The van der Waals surface area contributed by atoms with E-state index in [1.807, 2.05) is 6.07 Å². The summed E-state index contributed by atoms with van der Waals surface area (Å²) >= 11 is 0. The quantitative estimate of drug-likeness (QED) is 0.601. The number of aryl methyl sites for hydroxylation is 1. The number of rotatable bonds is 7. The molecule has 2 aromatic carbocycles. The van der Waals surface area contributed by atoms with Crippen molar-refractivity contribution < 1.29 is 0 Å². The van der Waals surface area contributed by atoms with Crippen LogP contribution in [0.1, 0.15) is 69.2 Å². The van der Waals surface area contributed by atoms with Crippen molar-refractivity contribution in [1.82, 2.24) is 0 Å². The van der Waals surface area contributed by atoms with Crippen molar-refractivity contribution >= 4 is 11.4 Å². The largest absolute Gasteiger partial charge is 0.399 e. The third-order valence-corrected chi connectivity index (χ3v) is 5.60. The van der Waals surface area contributed by atoms with Crippen LogP contribution in [0.5, 0.6) is 0 Å². The van der Waals surface area contributed by atoms with E-state index < -0.39 is 0 Å². The monoisotopic (exact) mass is 364 g/mol. The highest BCUT2D eigenvalue weighted by atomic mass is 15.1. The molecule has 27 heavy (non-hydrogen) atoms. The minimum atomic E-state index is 0.176. The number of nitrogens with two attached hydrogens (primary N) is 1. The van der Waals surface area contributed by atoms with Crippen LogP contribution in [0, 0.1) is 5.92 Å². The first-order valence-electron chi connectivity index (χ1n) is 10.5. The summed E-state index contributed by atoms with van der Waals surface area (Å²) in [7, 11) is 2.21. The van der Waals surface area contributed by atoms with Gasteiger partial charge in [0.1, 0.15) is 0 Å². The molecule has 0 aliphatic heterocycles. The zero-order chi connectivity index (χ0) is 19.6. The highest BCUT2D eigenvalue weighted by molar-refractivity contribution is 5.60. The summed E-state index contributed by atoms with van der Waals surface area (Å²) in [6.45, 7) is 10.1. The number of anilines is 2. The van der Waals surface area contributed by atoms with Gasteiger partial charge in [0, 0.05) is 25.0 Å². The van der Waals surface area contributed by atoms with Gasteiger partial charge < -0.3 is 10.6 Å². The van der Waals surface area contributed by atoms with Gasteiger partial charge in [0.2, 0.25) is 0 Å². The molecule has 2 heteroatoms. The molecule has 0 unspecified atom stereocenters. The molecule has 0 radical (unpaired) electrons. The summed E-state index contributed by atoms with van der Waals surface area (Å²) in [6, 6.07) is 13.6. The van der Waals surface area contributed by atoms with E-state index in [-0.39, 0.29) is 5.41 Å². The molecule has 0 atom stereocenters. The van der Waals surface area contributed by atoms with Crippen LogP contribution in [0.15, 0.2) is 36.4 Å². The van der Waals surface area contributed by atoms with Gasteiger partial charge in [0.15, 0.2) is 0 Å². The molecule has 2 nitrogen and oxygen atoms in total. The molecule has 0 bridgehead atoms. The molecule has 0 aromatic heterocycles. The maximum atomic E-state index is 6.08. The second-order valence-electron chi connectivity index (χ2n) is 9.43. The predicted molar refractivity (Wildman–Crippen MR) is 119 cm³/mol. The molecule has 1 aliphatic carbocycles. The molecule has 1 fully saturated rings. The van der Waals surface area contributed by atoms with Crippen molar-refractivity contribution in [3.63, 3.8) is 0 Å². The third kappa shape index (κ3) is 5.28. The van der Waals surface area contributed by atoms with Crippen molar-refractivity contribution in [3.8, 4) is 0 Å². The van der Waals surface area contributed by atoms with Gasteiger partial charge >= 0.3 is 0 Å². The summed E-state index contributed by atoms with van der Waals surface area (Å²) in [6.07, 6.45) is 6.23. The normalized spacial score (nSPS) is 14.4. The molecular formula is C25H36N2. The SMILES string of the molecule is CCCc1cc(CN(C)c2ccc(N)cc2CC2CC2)cc(C(C)(C)C)c1. The van der Waals surface area contributed by atoms with E-state index in [4.69, 9.17) is 5.73 Å². The predicted octanol–water partition coefficient (Wildman–Crippen LogP) is 6.11. The van der Waals surface area contributed by atoms with Crippen molar-refractivity contribution in [2.45, 2.75) is 71.8 Å². The van der Waals surface area contributed by atoms with Gasteiger partial charge in [0.25, 0.3) is 0 Å². The van der Waals surface area contributed by atoms with Gasteiger partial charge in [-0.3, -0.25) is 0 Å². The number of benzene rings is 2. The highest BCUT2D eigenvalue weighted by Crippen LogP contribution is 2.36. The summed E-state index contributed by atoms with van der Waals surface area (Å²) in [4.78, 5) is 2.40. The van der Waals surface area contributed by atoms with E-state index in [9.17, 15) is 0 Å². The van der Waals surface area contributed by atoms with Gasteiger partial charge in [-0.15, -0.1) is 0 Å². The number of hydrogen-bond donors (Lipinski definition) is 1. The third-order valence-electron chi connectivity index (χ3n) is 5.60. The zero-order valence-corrected chi connectivity index (χ0v) is 17.8. The summed E-state index contributed by atoms with van der Waals surface area (Å²) in [5, 5.41) is 0. The maximum absolute atomic E-state index is 6.08. The molecule has 0 spiro atoms. The molecule has 146 valence electrons. The van der Waals surface area contributed by atoms with E-state index in [2.05, 4.69) is 70.0 Å². The summed E-state index contributed by atoms with van der Waals surface area (Å²) in [5.41, 5.74) is 14.2. The zero-order valence-electron chi connectivity index (χ0n) is 17.8. The Morgan fingerprint density at radius 3 is 2.37 bits per heavy atom. The average molecular weight is 365 g/mol. The van der Waals surface area contributed by atoms with Crippen molar-refractivity contribution in [3.05, 3.63) is 58.7 Å². The minimum Gasteiger partial charge on any atom is -0.399 e. The number of hydrogen-bond acceptors (Lipinski definition) is 2. The van der Waals surface area contributed by atoms with Crippen LogP contribution in [0.4, 0.5) is 11.4 Å². The fourth-order valence-electron chi connectivity index (χ4n) is 3.85. The molecule has 0 amide bonds. The summed E-state index contributed by atoms with van der Waals surface area (Å²) < 4.78 is 0. The Morgan fingerprint density at radius 1 is 1.04 bits per heavy atom. The van der Waals surface area contributed by atoms with Crippen molar-refractivity contribution in [2.24, 2.45) is 5.92 Å². The van der Waals surface area contributed by atoms with Crippen LogP contribution in [0.2, 0.25) is 0 Å². The second kappa shape index (κ2) is 7.96. The first kappa shape index (κ1) is 19.8. The van der Waals surface area contributed by atoms with Gasteiger partial charge in [-0.2, -0.15) is 0 Å². The van der Waals surface area contributed by atoms with Gasteiger partial charge in [-0.05, 0) is 77.5 Å². The Bertz CT molecular complexity index is 781. The maximum Gasteiger partial charge on any atom is 0.0426 e. The lowest BCUT2D eigenvalue weighted by atomic mass is 9.84. The second-order valence-corrected chi connectivity index (χ2v) is 9.43. The van der Waals surface area contributed by atoms with E-state index in [1.165, 1.54) is 47.2 Å². The van der Waals surface area contributed by atoms with Crippen LogP contribution < -0.4 is 10.6 Å². The molecule has 1 saturated carbocycles. The van der Waals surface area contributed by atoms with Gasteiger partial charge in [-0.25, -0.2) is 0 Å². The van der Waals surface area contributed by atoms with Crippen LogP contribution >= 0.6 is 0 Å². The topological polar surface area (TPSA) is 29.3 Å². The first-order valence-corrected chi connectivity index (χ1v) is 10.5. The van der Waals surface area contributed by atoms with E-state index in [1.54, 1.807) is 0 Å². The molecule has 0 saturated heterocycles. The lowest BCUT2D eigenvalue weighted by Gasteiger charge is -2.26. The molecule has 0 heterocycles. The van der Waals surface area contributed by atoms with Gasteiger partial charge in [0.05, 0.1) is 0 Å².